The molecular weight excluding hydrogens is 351 g/mol. The van der Waals surface area contributed by atoms with Gasteiger partial charge in [-0.05, 0) is 45.1 Å². The van der Waals surface area contributed by atoms with E-state index in [-0.39, 0.29) is 5.78 Å². The van der Waals surface area contributed by atoms with Crippen LogP contribution in [0.3, 0.4) is 0 Å². The van der Waals surface area contributed by atoms with E-state index in [1.165, 1.54) is 23.1 Å². The minimum absolute atomic E-state index is 0.181. The Morgan fingerprint density at radius 2 is 1.28 bits per heavy atom. The standard InChI is InChI=1S/C11H13ClO.C11H15Cl/c1-9-4-6-10(7-5-9)11(13)3-2-8-12;1-10-5-7-11(8-6-10)4-2-3-9-12/h4-7H,2-3,8H2,1H3;5-8H,2-4,9H2,1H3. The van der Waals surface area contributed by atoms with Crippen molar-refractivity contribution in [3.63, 3.8) is 0 Å². The van der Waals surface area contributed by atoms with Crippen molar-refractivity contribution in [2.24, 2.45) is 0 Å². The summed E-state index contributed by atoms with van der Waals surface area (Å²) in [5.41, 5.74) is 4.71. The molecule has 0 aromatic heterocycles. The number of benzene rings is 2. The van der Waals surface area contributed by atoms with Crippen molar-refractivity contribution in [3.8, 4) is 0 Å². The molecule has 25 heavy (non-hydrogen) atoms. The number of Topliss-reactive ketones (excluding diaryl/α,β-unsaturated/α-hetero) is 1. The summed E-state index contributed by atoms with van der Waals surface area (Å²) in [5.74, 6) is 1.52. The van der Waals surface area contributed by atoms with Crippen molar-refractivity contribution in [2.75, 3.05) is 11.8 Å². The van der Waals surface area contributed by atoms with E-state index >= 15 is 0 Å². The lowest BCUT2D eigenvalue weighted by atomic mass is 10.1. The van der Waals surface area contributed by atoms with Gasteiger partial charge < -0.3 is 0 Å². The van der Waals surface area contributed by atoms with Gasteiger partial charge in [-0.3, -0.25) is 4.79 Å². The molecule has 0 atom stereocenters. The Hall–Kier alpha value is -1.31. The van der Waals surface area contributed by atoms with Gasteiger partial charge >= 0.3 is 0 Å². The minimum atomic E-state index is 0.181. The van der Waals surface area contributed by atoms with Crippen molar-refractivity contribution in [3.05, 3.63) is 70.8 Å². The number of carbonyl (C=O) groups excluding carboxylic acids is 1. The van der Waals surface area contributed by atoms with Gasteiger partial charge in [-0.15, -0.1) is 23.2 Å². The Balaban J connectivity index is 0.000000251. The van der Waals surface area contributed by atoms with Gasteiger partial charge in [0, 0.05) is 23.7 Å². The van der Waals surface area contributed by atoms with E-state index < -0.39 is 0 Å². The molecule has 2 aromatic carbocycles. The van der Waals surface area contributed by atoms with E-state index in [2.05, 4.69) is 31.2 Å². The second-order valence-electron chi connectivity index (χ2n) is 6.21. The Morgan fingerprint density at radius 1 is 0.760 bits per heavy atom. The zero-order valence-electron chi connectivity index (χ0n) is 15.2. The molecule has 0 N–H and O–H groups in total. The Kier molecular flexibility index (Phi) is 11.3. The first-order valence-corrected chi connectivity index (χ1v) is 9.91. The predicted octanol–water partition coefficient (Wildman–Crippen LogP) is 6.75. The maximum absolute atomic E-state index is 11.5. The van der Waals surface area contributed by atoms with Crippen molar-refractivity contribution >= 4 is 29.0 Å². The van der Waals surface area contributed by atoms with Gasteiger partial charge in [0.05, 0.1) is 0 Å². The maximum Gasteiger partial charge on any atom is 0.162 e. The first-order valence-electron chi connectivity index (χ1n) is 8.84. The third-order valence-electron chi connectivity index (χ3n) is 3.88. The number of halogens is 2. The van der Waals surface area contributed by atoms with Crippen molar-refractivity contribution in [1.82, 2.24) is 0 Å². The minimum Gasteiger partial charge on any atom is -0.294 e. The number of carbonyl (C=O) groups is 1. The van der Waals surface area contributed by atoms with Crippen molar-refractivity contribution in [2.45, 2.75) is 46.0 Å². The summed E-state index contributed by atoms with van der Waals surface area (Å²) >= 11 is 11.1. The molecule has 0 spiro atoms. The highest BCUT2D eigenvalue weighted by atomic mass is 35.5. The monoisotopic (exact) mass is 378 g/mol. The van der Waals surface area contributed by atoms with Crippen molar-refractivity contribution in [1.29, 1.82) is 0 Å². The molecule has 0 saturated carbocycles. The number of alkyl halides is 2. The van der Waals surface area contributed by atoms with Crippen LogP contribution in [0.15, 0.2) is 48.5 Å². The molecule has 0 saturated heterocycles. The predicted molar refractivity (Wildman–Crippen MR) is 110 cm³/mol. The SMILES string of the molecule is Cc1ccc(C(=O)CCCCl)cc1.Cc1ccc(CCCCCl)cc1. The molecule has 0 heterocycles. The van der Waals surface area contributed by atoms with Crippen LogP contribution in [0.2, 0.25) is 0 Å². The average molecular weight is 379 g/mol. The molecule has 0 aliphatic heterocycles. The molecule has 0 unspecified atom stereocenters. The summed E-state index contributed by atoms with van der Waals surface area (Å²) in [6.07, 6.45) is 4.79. The molecule has 0 fully saturated rings. The molecule has 0 radical (unpaired) electrons. The number of aryl methyl sites for hydroxylation is 3. The Bertz CT molecular complexity index is 603. The first-order chi connectivity index (χ1) is 12.1. The maximum atomic E-state index is 11.5. The lowest BCUT2D eigenvalue weighted by Gasteiger charge is -1.99. The lowest BCUT2D eigenvalue weighted by molar-refractivity contribution is 0.0982. The zero-order valence-corrected chi connectivity index (χ0v) is 16.7. The highest BCUT2D eigenvalue weighted by Gasteiger charge is 2.03. The number of hydrogen-bond acceptors (Lipinski definition) is 1. The summed E-state index contributed by atoms with van der Waals surface area (Å²) < 4.78 is 0. The summed E-state index contributed by atoms with van der Waals surface area (Å²) in [6.45, 7) is 4.12. The summed E-state index contributed by atoms with van der Waals surface area (Å²) in [7, 11) is 0. The number of unbranched alkanes of at least 4 members (excludes halogenated alkanes) is 1. The van der Waals surface area contributed by atoms with Gasteiger partial charge in [-0.2, -0.15) is 0 Å². The first kappa shape index (κ1) is 21.7. The lowest BCUT2D eigenvalue weighted by Crippen LogP contribution is -1.98. The molecule has 3 heteroatoms. The fourth-order valence-electron chi connectivity index (χ4n) is 2.29. The Labute approximate surface area is 162 Å². The van der Waals surface area contributed by atoms with Crippen LogP contribution in [-0.2, 0) is 6.42 Å². The molecule has 136 valence electrons. The summed E-state index contributed by atoms with van der Waals surface area (Å²) in [4.78, 5) is 11.5. The molecule has 1 nitrogen and oxygen atoms in total. The van der Waals surface area contributed by atoms with Crippen LogP contribution in [-0.4, -0.2) is 17.5 Å². The molecule has 0 aliphatic rings. The number of hydrogen-bond donors (Lipinski definition) is 0. The van der Waals surface area contributed by atoms with Crippen LogP contribution >= 0.6 is 23.2 Å². The van der Waals surface area contributed by atoms with E-state index in [1.807, 2.05) is 31.2 Å². The molecule has 0 aliphatic carbocycles. The van der Waals surface area contributed by atoms with Crippen LogP contribution in [0.4, 0.5) is 0 Å². The van der Waals surface area contributed by atoms with Crippen molar-refractivity contribution < 1.29 is 4.79 Å². The topological polar surface area (TPSA) is 17.1 Å². The van der Waals surface area contributed by atoms with E-state index in [4.69, 9.17) is 23.2 Å². The van der Waals surface area contributed by atoms with Crippen LogP contribution in [0.25, 0.3) is 0 Å². The van der Waals surface area contributed by atoms with Gasteiger partial charge in [-0.1, -0.05) is 59.7 Å². The molecule has 0 amide bonds. The average Bonchev–Trinajstić information content (AvgIpc) is 2.63. The van der Waals surface area contributed by atoms with Gasteiger partial charge in [-0.25, -0.2) is 0 Å². The highest BCUT2D eigenvalue weighted by molar-refractivity contribution is 6.18. The fraction of sp³-hybridized carbons (Fsp3) is 0.409. The quantitative estimate of drug-likeness (QED) is 0.282. The largest absolute Gasteiger partial charge is 0.294 e. The fourth-order valence-corrected chi connectivity index (χ4v) is 2.61. The van der Waals surface area contributed by atoms with Crippen LogP contribution in [0, 0.1) is 13.8 Å². The molecular formula is C22H28Cl2O. The van der Waals surface area contributed by atoms with E-state index in [1.54, 1.807) is 0 Å². The molecule has 0 bridgehead atoms. The number of ketones is 1. The number of rotatable bonds is 8. The van der Waals surface area contributed by atoms with E-state index in [0.29, 0.717) is 12.3 Å². The third kappa shape index (κ3) is 9.67. The van der Waals surface area contributed by atoms with E-state index in [0.717, 1.165) is 30.7 Å². The molecule has 2 aromatic rings. The van der Waals surface area contributed by atoms with Gasteiger partial charge in [0.1, 0.15) is 0 Å². The zero-order chi connectivity index (χ0) is 18.5. The summed E-state index contributed by atoms with van der Waals surface area (Å²) in [5, 5.41) is 0. The smallest absolute Gasteiger partial charge is 0.162 e. The Morgan fingerprint density at radius 3 is 1.80 bits per heavy atom. The second-order valence-corrected chi connectivity index (χ2v) is 6.97. The normalized spacial score (nSPS) is 10.1. The van der Waals surface area contributed by atoms with Gasteiger partial charge in [0.15, 0.2) is 5.78 Å². The van der Waals surface area contributed by atoms with E-state index in [9.17, 15) is 4.79 Å². The van der Waals surface area contributed by atoms with Gasteiger partial charge in [0.25, 0.3) is 0 Å². The van der Waals surface area contributed by atoms with Crippen LogP contribution < -0.4 is 0 Å². The molecule has 2 rings (SSSR count). The van der Waals surface area contributed by atoms with Crippen LogP contribution in [0.1, 0.15) is 52.7 Å². The summed E-state index contributed by atoms with van der Waals surface area (Å²) in [6, 6.07) is 16.4. The van der Waals surface area contributed by atoms with Gasteiger partial charge in [0.2, 0.25) is 0 Å². The third-order valence-corrected chi connectivity index (χ3v) is 4.42. The van der Waals surface area contributed by atoms with Crippen LogP contribution in [0.5, 0.6) is 0 Å². The highest BCUT2D eigenvalue weighted by Crippen LogP contribution is 2.08. The second kappa shape index (κ2) is 13.0.